The minimum absolute atomic E-state index is 0.203. The van der Waals surface area contributed by atoms with Crippen molar-refractivity contribution in [2.45, 2.75) is 53.1 Å². The summed E-state index contributed by atoms with van der Waals surface area (Å²) in [6, 6.07) is 0.206. The Bertz CT molecular complexity index is 302. The van der Waals surface area contributed by atoms with Gasteiger partial charge in [-0.3, -0.25) is 4.68 Å². The standard InChI is InChI=1S/C12H23N3/c1-5-12(3,4)11(13)7-10-8-14-15(6-2)9-10/h8-9,11H,5-7,13H2,1-4H3. The number of nitrogens with two attached hydrogens (primary N) is 1. The number of aromatic nitrogens is 2. The van der Waals surface area contributed by atoms with Crippen LogP contribution < -0.4 is 5.73 Å². The molecular weight excluding hydrogens is 186 g/mol. The van der Waals surface area contributed by atoms with Crippen molar-refractivity contribution in [2.24, 2.45) is 11.1 Å². The van der Waals surface area contributed by atoms with Crippen LogP contribution in [-0.4, -0.2) is 15.8 Å². The third-order valence-corrected chi connectivity index (χ3v) is 3.38. The summed E-state index contributed by atoms with van der Waals surface area (Å²) >= 11 is 0. The molecule has 0 radical (unpaired) electrons. The smallest absolute Gasteiger partial charge is 0.0522 e. The third kappa shape index (κ3) is 3.06. The maximum absolute atomic E-state index is 6.21. The fourth-order valence-electron chi connectivity index (χ4n) is 1.48. The first-order chi connectivity index (χ1) is 6.99. The van der Waals surface area contributed by atoms with Gasteiger partial charge < -0.3 is 5.73 Å². The fraction of sp³-hybridized carbons (Fsp3) is 0.750. The zero-order chi connectivity index (χ0) is 11.5. The molecule has 1 atom stereocenters. The Labute approximate surface area is 92.7 Å². The van der Waals surface area contributed by atoms with Crippen LogP contribution in [0.3, 0.4) is 0 Å². The van der Waals surface area contributed by atoms with Crippen LogP contribution in [0.2, 0.25) is 0 Å². The first kappa shape index (κ1) is 12.2. The monoisotopic (exact) mass is 209 g/mol. The molecule has 1 heterocycles. The highest BCUT2D eigenvalue weighted by molar-refractivity contribution is 5.07. The summed E-state index contributed by atoms with van der Waals surface area (Å²) < 4.78 is 1.95. The van der Waals surface area contributed by atoms with E-state index in [4.69, 9.17) is 5.73 Å². The predicted molar refractivity (Wildman–Crippen MR) is 63.7 cm³/mol. The van der Waals surface area contributed by atoms with E-state index in [9.17, 15) is 0 Å². The average molecular weight is 209 g/mol. The topological polar surface area (TPSA) is 43.8 Å². The second-order valence-corrected chi connectivity index (χ2v) is 4.86. The predicted octanol–water partition coefficient (Wildman–Crippen LogP) is 2.21. The lowest BCUT2D eigenvalue weighted by molar-refractivity contribution is 0.272. The summed E-state index contributed by atoms with van der Waals surface area (Å²) in [6.07, 6.45) is 6.04. The van der Waals surface area contributed by atoms with Gasteiger partial charge in [-0.1, -0.05) is 20.8 Å². The Morgan fingerprint density at radius 3 is 2.60 bits per heavy atom. The molecule has 1 rings (SSSR count). The van der Waals surface area contributed by atoms with Gasteiger partial charge in [0.15, 0.2) is 0 Å². The SMILES string of the molecule is CCn1cc(CC(N)C(C)(C)CC)cn1. The minimum Gasteiger partial charge on any atom is -0.327 e. The van der Waals surface area contributed by atoms with Crippen LogP contribution in [0.5, 0.6) is 0 Å². The molecule has 3 heteroatoms. The van der Waals surface area contributed by atoms with E-state index >= 15 is 0 Å². The zero-order valence-corrected chi connectivity index (χ0v) is 10.3. The Hall–Kier alpha value is -0.830. The van der Waals surface area contributed by atoms with Crippen LogP contribution in [0.25, 0.3) is 0 Å². The van der Waals surface area contributed by atoms with Gasteiger partial charge in [-0.05, 0) is 30.7 Å². The largest absolute Gasteiger partial charge is 0.327 e. The number of hydrogen-bond donors (Lipinski definition) is 1. The highest BCUT2D eigenvalue weighted by Gasteiger charge is 2.24. The van der Waals surface area contributed by atoms with Gasteiger partial charge in [-0.2, -0.15) is 5.10 Å². The van der Waals surface area contributed by atoms with Crippen LogP contribution in [-0.2, 0) is 13.0 Å². The van der Waals surface area contributed by atoms with Gasteiger partial charge in [0.25, 0.3) is 0 Å². The minimum atomic E-state index is 0.203. The molecule has 0 bridgehead atoms. The molecular formula is C12H23N3. The van der Waals surface area contributed by atoms with Crippen molar-refractivity contribution in [1.82, 2.24) is 9.78 Å². The molecule has 15 heavy (non-hydrogen) atoms. The molecule has 2 N–H and O–H groups in total. The van der Waals surface area contributed by atoms with Gasteiger partial charge in [0.05, 0.1) is 6.20 Å². The quantitative estimate of drug-likeness (QED) is 0.808. The second-order valence-electron chi connectivity index (χ2n) is 4.86. The third-order valence-electron chi connectivity index (χ3n) is 3.38. The normalized spacial score (nSPS) is 14.2. The van der Waals surface area contributed by atoms with Crippen molar-refractivity contribution < 1.29 is 0 Å². The van der Waals surface area contributed by atoms with Gasteiger partial charge in [-0.15, -0.1) is 0 Å². The van der Waals surface area contributed by atoms with E-state index in [1.54, 1.807) is 0 Å². The molecule has 1 unspecified atom stereocenters. The van der Waals surface area contributed by atoms with Crippen molar-refractivity contribution in [1.29, 1.82) is 0 Å². The molecule has 0 aliphatic heterocycles. The van der Waals surface area contributed by atoms with Crippen LogP contribution >= 0.6 is 0 Å². The Kier molecular flexibility index (Phi) is 3.91. The molecule has 1 aromatic rings. The van der Waals surface area contributed by atoms with Crippen LogP contribution in [0.4, 0.5) is 0 Å². The summed E-state index contributed by atoms with van der Waals surface area (Å²) in [5.74, 6) is 0. The summed E-state index contributed by atoms with van der Waals surface area (Å²) in [4.78, 5) is 0. The molecule has 0 saturated carbocycles. The van der Waals surface area contributed by atoms with Crippen molar-refractivity contribution in [3.8, 4) is 0 Å². The van der Waals surface area contributed by atoms with Crippen molar-refractivity contribution in [3.05, 3.63) is 18.0 Å². The molecule has 0 fully saturated rings. The molecule has 0 spiro atoms. The lowest BCUT2D eigenvalue weighted by Gasteiger charge is -2.30. The summed E-state index contributed by atoms with van der Waals surface area (Å²) in [7, 11) is 0. The van der Waals surface area contributed by atoms with Crippen LogP contribution in [0.1, 0.15) is 39.7 Å². The molecule has 0 aliphatic rings. The lowest BCUT2D eigenvalue weighted by Crippen LogP contribution is -2.38. The number of rotatable bonds is 5. The molecule has 0 aliphatic carbocycles. The Morgan fingerprint density at radius 1 is 1.47 bits per heavy atom. The number of nitrogens with zero attached hydrogens (tertiary/aromatic N) is 2. The van der Waals surface area contributed by atoms with E-state index in [0.717, 1.165) is 19.4 Å². The maximum Gasteiger partial charge on any atom is 0.0522 e. The molecule has 86 valence electrons. The summed E-state index contributed by atoms with van der Waals surface area (Å²) in [5, 5.41) is 4.26. The van der Waals surface area contributed by atoms with E-state index in [1.165, 1.54) is 5.56 Å². The van der Waals surface area contributed by atoms with Crippen LogP contribution in [0.15, 0.2) is 12.4 Å². The number of aryl methyl sites for hydroxylation is 1. The zero-order valence-electron chi connectivity index (χ0n) is 10.3. The van der Waals surface area contributed by atoms with Crippen molar-refractivity contribution in [2.75, 3.05) is 0 Å². The number of hydrogen-bond acceptors (Lipinski definition) is 2. The van der Waals surface area contributed by atoms with E-state index in [1.807, 2.05) is 10.9 Å². The highest BCUT2D eigenvalue weighted by atomic mass is 15.3. The first-order valence-corrected chi connectivity index (χ1v) is 5.76. The highest BCUT2D eigenvalue weighted by Crippen LogP contribution is 2.25. The van der Waals surface area contributed by atoms with E-state index in [-0.39, 0.29) is 11.5 Å². The Balaban J connectivity index is 2.61. The van der Waals surface area contributed by atoms with Crippen molar-refractivity contribution in [3.63, 3.8) is 0 Å². The van der Waals surface area contributed by atoms with Gasteiger partial charge in [0, 0.05) is 18.8 Å². The fourth-order valence-corrected chi connectivity index (χ4v) is 1.48. The van der Waals surface area contributed by atoms with Crippen molar-refractivity contribution >= 4 is 0 Å². The van der Waals surface area contributed by atoms with Crippen LogP contribution in [0, 0.1) is 5.41 Å². The molecule has 3 nitrogen and oxygen atoms in total. The second kappa shape index (κ2) is 4.79. The summed E-state index contributed by atoms with van der Waals surface area (Å²) in [5.41, 5.74) is 7.65. The van der Waals surface area contributed by atoms with Gasteiger partial charge in [0.1, 0.15) is 0 Å². The summed E-state index contributed by atoms with van der Waals surface area (Å²) in [6.45, 7) is 9.65. The molecule has 0 saturated heterocycles. The maximum atomic E-state index is 6.21. The van der Waals surface area contributed by atoms with Gasteiger partial charge >= 0.3 is 0 Å². The lowest BCUT2D eigenvalue weighted by atomic mass is 9.80. The van der Waals surface area contributed by atoms with E-state index in [2.05, 4.69) is 39.0 Å². The molecule has 0 aromatic carbocycles. The van der Waals surface area contributed by atoms with E-state index < -0.39 is 0 Å². The van der Waals surface area contributed by atoms with Gasteiger partial charge in [-0.25, -0.2) is 0 Å². The van der Waals surface area contributed by atoms with E-state index in [0.29, 0.717) is 0 Å². The molecule has 1 aromatic heterocycles. The first-order valence-electron chi connectivity index (χ1n) is 5.76. The van der Waals surface area contributed by atoms with Gasteiger partial charge in [0.2, 0.25) is 0 Å². The average Bonchev–Trinajstić information content (AvgIpc) is 2.65. The Morgan fingerprint density at radius 2 is 2.13 bits per heavy atom. The molecule has 0 amide bonds.